The maximum Gasteiger partial charge on any atom is 0.270 e. The predicted octanol–water partition coefficient (Wildman–Crippen LogP) is 4.92. The molecule has 0 aliphatic carbocycles. The zero-order valence-electron chi connectivity index (χ0n) is 13.2. The van der Waals surface area contributed by atoms with Crippen molar-refractivity contribution in [2.45, 2.75) is 0 Å². The largest absolute Gasteiger partial charge is 0.378 e. The molecule has 3 nitrogen and oxygen atoms in total. The van der Waals surface area contributed by atoms with Crippen LogP contribution in [0.25, 0.3) is 6.08 Å². The highest BCUT2D eigenvalue weighted by Gasteiger charge is 2.33. The van der Waals surface area contributed by atoms with Crippen molar-refractivity contribution < 1.29 is 4.79 Å². The molecule has 0 radical (unpaired) electrons. The van der Waals surface area contributed by atoms with E-state index in [4.69, 9.17) is 12.2 Å². The highest BCUT2D eigenvalue weighted by Crippen LogP contribution is 2.36. The van der Waals surface area contributed by atoms with Crippen LogP contribution in [0, 0.1) is 0 Å². The van der Waals surface area contributed by atoms with Gasteiger partial charge in [-0.1, -0.05) is 58.1 Å². The van der Waals surface area contributed by atoms with Crippen molar-refractivity contribution in [2.24, 2.45) is 0 Å². The molecule has 6 heteroatoms. The van der Waals surface area contributed by atoms with E-state index in [0.29, 0.717) is 9.23 Å². The van der Waals surface area contributed by atoms with E-state index in [1.165, 1.54) is 11.8 Å². The number of thiocarbonyl (C=S) groups is 1. The van der Waals surface area contributed by atoms with Crippen molar-refractivity contribution >= 4 is 67.6 Å². The minimum atomic E-state index is -0.0835. The molecule has 24 heavy (non-hydrogen) atoms. The molecule has 1 amide bonds. The molecular formula is C18H15BrN2OS2. The van der Waals surface area contributed by atoms with Crippen molar-refractivity contribution in [3.05, 3.63) is 63.5 Å². The number of halogens is 1. The molecule has 0 bridgehead atoms. The minimum Gasteiger partial charge on any atom is -0.378 e. The molecule has 0 spiro atoms. The fourth-order valence-corrected chi connectivity index (χ4v) is 4.01. The summed E-state index contributed by atoms with van der Waals surface area (Å²) in [5, 5.41) is 0. The van der Waals surface area contributed by atoms with Gasteiger partial charge in [0.2, 0.25) is 0 Å². The molecule has 1 aliphatic rings. The van der Waals surface area contributed by atoms with Gasteiger partial charge in [0.25, 0.3) is 5.91 Å². The van der Waals surface area contributed by atoms with Crippen LogP contribution in [0.15, 0.2) is 57.9 Å². The summed E-state index contributed by atoms with van der Waals surface area (Å²) in [4.78, 5) is 17.0. The third-order valence-electron chi connectivity index (χ3n) is 3.57. The SMILES string of the molecule is CN(C)c1ccc(C=C2SC(=S)N(c3cccc(Br)c3)C2=O)cc1. The van der Waals surface area contributed by atoms with Gasteiger partial charge in [0.1, 0.15) is 0 Å². The molecule has 0 atom stereocenters. The summed E-state index contributed by atoms with van der Waals surface area (Å²) in [6, 6.07) is 15.6. The van der Waals surface area contributed by atoms with Crippen molar-refractivity contribution in [3.63, 3.8) is 0 Å². The topological polar surface area (TPSA) is 23.6 Å². The second kappa shape index (κ2) is 7.09. The molecule has 0 unspecified atom stereocenters. The van der Waals surface area contributed by atoms with Gasteiger partial charge in [0.05, 0.1) is 10.6 Å². The second-order valence-corrected chi connectivity index (χ2v) is 8.07. The first-order chi connectivity index (χ1) is 11.5. The molecule has 3 rings (SSSR count). The monoisotopic (exact) mass is 418 g/mol. The maximum absolute atomic E-state index is 12.7. The van der Waals surface area contributed by atoms with Gasteiger partial charge in [-0.15, -0.1) is 0 Å². The van der Waals surface area contributed by atoms with E-state index in [-0.39, 0.29) is 5.91 Å². The highest BCUT2D eigenvalue weighted by molar-refractivity contribution is 9.10. The van der Waals surface area contributed by atoms with E-state index in [0.717, 1.165) is 21.4 Å². The molecule has 0 N–H and O–H groups in total. The summed E-state index contributed by atoms with van der Waals surface area (Å²) in [5.41, 5.74) is 2.88. The normalized spacial score (nSPS) is 16.1. The Morgan fingerprint density at radius 3 is 2.50 bits per heavy atom. The fraction of sp³-hybridized carbons (Fsp3) is 0.111. The Hall–Kier alpha value is -1.63. The standard InChI is InChI=1S/C18H15BrN2OS2/c1-20(2)14-8-6-12(7-9-14)10-16-17(22)21(18(23)24-16)15-5-3-4-13(19)11-15/h3-11H,1-2H3. The van der Waals surface area contributed by atoms with E-state index >= 15 is 0 Å². The average Bonchev–Trinajstić information content (AvgIpc) is 2.82. The number of thioether (sulfide) groups is 1. The van der Waals surface area contributed by atoms with Crippen LogP contribution in [-0.4, -0.2) is 24.3 Å². The summed E-state index contributed by atoms with van der Waals surface area (Å²) in [6.07, 6.45) is 1.89. The Morgan fingerprint density at radius 1 is 1.17 bits per heavy atom. The predicted molar refractivity (Wildman–Crippen MR) is 111 cm³/mol. The van der Waals surface area contributed by atoms with E-state index in [1.54, 1.807) is 4.90 Å². The molecule has 2 aromatic rings. The molecule has 122 valence electrons. The quantitative estimate of drug-likeness (QED) is 0.521. The highest BCUT2D eigenvalue weighted by atomic mass is 79.9. The van der Waals surface area contributed by atoms with Gasteiger partial charge in [0, 0.05) is 24.3 Å². The molecule has 1 aliphatic heterocycles. The first-order valence-corrected chi connectivity index (χ1v) is 9.28. The van der Waals surface area contributed by atoms with Crippen molar-refractivity contribution in [1.82, 2.24) is 0 Å². The van der Waals surface area contributed by atoms with E-state index in [2.05, 4.69) is 15.9 Å². The first-order valence-electron chi connectivity index (χ1n) is 7.26. The van der Waals surface area contributed by atoms with Crippen molar-refractivity contribution in [2.75, 3.05) is 23.9 Å². The number of rotatable bonds is 3. The maximum atomic E-state index is 12.7. The average molecular weight is 419 g/mol. The number of nitrogens with zero attached hydrogens (tertiary/aromatic N) is 2. The zero-order valence-corrected chi connectivity index (χ0v) is 16.4. The van der Waals surface area contributed by atoms with Crippen molar-refractivity contribution in [3.8, 4) is 0 Å². The number of carbonyl (C=O) groups is 1. The molecular weight excluding hydrogens is 404 g/mol. The van der Waals surface area contributed by atoms with Crippen LogP contribution < -0.4 is 9.80 Å². The Labute approximate surface area is 159 Å². The van der Waals surface area contributed by atoms with Crippen molar-refractivity contribution in [1.29, 1.82) is 0 Å². The summed E-state index contributed by atoms with van der Waals surface area (Å²) in [5.74, 6) is -0.0835. The smallest absolute Gasteiger partial charge is 0.270 e. The van der Waals surface area contributed by atoms with E-state index in [9.17, 15) is 4.79 Å². The minimum absolute atomic E-state index is 0.0835. The molecule has 1 saturated heterocycles. The van der Waals surface area contributed by atoms with Crippen LogP contribution >= 0.6 is 39.9 Å². The second-order valence-electron chi connectivity index (χ2n) is 5.48. The van der Waals surface area contributed by atoms with Crippen LogP contribution in [0.5, 0.6) is 0 Å². The molecule has 0 aromatic heterocycles. The first kappa shape index (κ1) is 17.2. The van der Waals surface area contributed by atoms with Gasteiger partial charge >= 0.3 is 0 Å². The third-order valence-corrected chi connectivity index (χ3v) is 5.36. The summed E-state index contributed by atoms with van der Waals surface area (Å²) in [6.45, 7) is 0. The zero-order chi connectivity index (χ0) is 17.3. The fourth-order valence-electron chi connectivity index (χ4n) is 2.33. The number of benzene rings is 2. The summed E-state index contributed by atoms with van der Waals surface area (Å²) in [7, 11) is 4.00. The van der Waals surface area contributed by atoms with Crippen LogP contribution in [-0.2, 0) is 4.79 Å². The number of hydrogen-bond acceptors (Lipinski definition) is 4. The lowest BCUT2D eigenvalue weighted by Gasteiger charge is -2.14. The van der Waals surface area contributed by atoms with E-state index in [1.807, 2.05) is 73.6 Å². The Bertz CT molecular complexity index is 831. The third kappa shape index (κ3) is 3.55. The molecule has 1 fully saturated rings. The van der Waals surface area contributed by atoms with Gasteiger partial charge < -0.3 is 4.90 Å². The lowest BCUT2D eigenvalue weighted by molar-refractivity contribution is -0.113. The Morgan fingerprint density at radius 2 is 1.88 bits per heavy atom. The Balaban J connectivity index is 1.88. The van der Waals surface area contributed by atoms with Crippen LogP contribution in [0.4, 0.5) is 11.4 Å². The number of hydrogen-bond donors (Lipinski definition) is 0. The molecule has 0 saturated carbocycles. The number of anilines is 2. The molecule has 2 aromatic carbocycles. The van der Waals surface area contributed by atoms with Gasteiger partial charge in [0.15, 0.2) is 4.32 Å². The van der Waals surface area contributed by atoms with Gasteiger partial charge in [-0.05, 0) is 42.0 Å². The van der Waals surface area contributed by atoms with Crippen LogP contribution in [0.1, 0.15) is 5.56 Å². The Kier molecular flexibility index (Phi) is 5.08. The van der Waals surface area contributed by atoms with Crippen LogP contribution in [0.2, 0.25) is 0 Å². The number of amides is 1. The lowest BCUT2D eigenvalue weighted by Crippen LogP contribution is -2.27. The summed E-state index contributed by atoms with van der Waals surface area (Å²) < 4.78 is 1.46. The number of carbonyl (C=O) groups excluding carboxylic acids is 1. The lowest BCUT2D eigenvalue weighted by atomic mass is 10.2. The van der Waals surface area contributed by atoms with Crippen LogP contribution in [0.3, 0.4) is 0 Å². The van der Waals surface area contributed by atoms with Gasteiger partial charge in [-0.3, -0.25) is 9.69 Å². The molecule has 1 heterocycles. The van der Waals surface area contributed by atoms with Gasteiger partial charge in [-0.25, -0.2) is 0 Å². The summed E-state index contributed by atoms with van der Waals surface area (Å²) >= 11 is 10.2. The van der Waals surface area contributed by atoms with E-state index < -0.39 is 0 Å². The van der Waals surface area contributed by atoms with Gasteiger partial charge in [-0.2, -0.15) is 0 Å².